The lowest BCUT2D eigenvalue weighted by Crippen LogP contribution is -2.52. The molecule has 2 unspecified atom stereocenters. The first-order valence-corrected chi connectivity index (χ1v) is 7.86. The number of nitrogens with one attached hydrogen (secondary N) is 1. The van der Waals surface area contributed by atoms with E-state index in [-0.39, 0.29) is 17.6 Å². The van der Waals surface area contributed by atoms with Gasteiger partial charge in [0, 0.05) is 12.6 Å². The first-order chi connectivity index (χ1) is 8.65. The Morgan fingerprint density at radius 3 is 2.89 bits per heavy atom. The number of methoxy groups -OCH3 is 1. The van der Waals surface area contributed by atoms with Gasteiger partial charge < -0.3 is 14.8 Å². The Balaban J connectivity index is 1.88. The predicted molar refractivity (Wildman–Crippen MR) is 72.9 cm³/mol. The molecule has 18 heavy (non-hydrogen) atoms. The maximum absolute atomic E-state index is 11.4. The quantitative estimate of drug-likeness (QED) is 0.791. The van der Waals surface area contributed by atoms with Gasteiger partial charge in [-0.25, -0.2) is 0 Å². The Labute approximate surface area is 113 Å². The lowest BCUT2D eigenvalue weighted by Gasteiger charge is -2.44. The number of thioether (sulfide) groups is 1. The van der Waals surface area contributed by atoms with Crippen LogP contribution in [0.3, 0.4) is 0 Å². The number of carbonyl (C=O) groups excluding carboxylic acids is 1. The monoisotopic (exact) mass is 273 g/mol. The molecular formula is C13H23NO3S. The molecule has 0 aromatic rings. The van der Waals surface area contributed by atoms with E-state index in [0.717, 1.165) is 32.3 Å². The van der Waals surface area contributed by atoms with Crippen molar-refractivity contribution in [2.45, 2.75) is 50.3 Å². The summed E-state index contributed by atoms with van der Waals surface area (Å²) in [6, 6.07) is 0.143. The van der Waals surface area contributed by atoms with Crippen molar-refractivity contribution in [3.05, 3.63) is 0 Å². The van der Waals surface area contributed by atoms with Gasteiger partial charge in [-0.3, -0.25) is 4.79 Å². The van der Waals surface area contributed by atoms with E-state index in [1.165, 1.54) is 18.6 Å². The third-order valence-electron chi connectivity index (χ3n) is 3.94. The summed E-state index contributed by atoms with van der Waals surface area (Å²) < 4.78 is 10.8. The molecule has 2 fully saturated rings. The van der Waals surface area contributed by atoms with Crippen molar-refractivity contribution < 1.29 is 14.3 Å². The molecule has 104 valence electrons. The van der Waals surface area contributed by atoms with Crippen LogP contribution in [-0.2, 0) is 14.3 Å². The van der Waals surface area contributed by atoms with Gasteiger partial charge in [0.15, 0.2) is 0 Å². The van der Waals surface area contributed by atoms with Gasteiger partial charge in [0.1, 0.15) is 6.04 Å². The molecule has 1 spiro atoms. The Morgan fingerprint density at radius 2 is 2.22 bits per heavy atom. The van der Waals surface area contributed by atoms with E-state index in [9.17, 15) is 4.79 Å². The molecule has 5 heteroatoms. The molecule has 2 heterocycles. The van der Waals surface area contributed by atoms with Crippen LogP contribution in [0.25, 0.3) is 0 Å². The number of rotatable bonds is 3. The molecule has 4 nitrogen and oxygen atoms in total. The fourth-order valence-corrected chi connectivity index (χ4v) is 4.10. The normalized spacial score (nSPS) is 28.9. The summed E-state index contributed by atoms with van der Waals surface area (Å²) >= 11 is 2.01. The van der Waals surface area contributed by atoms with Crippen LogP contribution in [0, 0.1) is 0 Å². The van der Waals surface area contributed by atoms with Gasteiger partial charge in [-0.1, -0.05) is 0 Å². The van der Waals surface area contributed by atoms with E-state index < -0.39 is 0 Å². The maximum Gasteiger partial charge on any atom is 0.322 e. The molecule has 2 saturated heterocycles. The van der Waals surface area contributed by atoms with Gasteiger partial charge >= 0.3 is 5.97 Å². The maximum atomic E-state index is 11.4. The molecule has 0 aliphatic carbocycles. The summed E-state index contributed by atoms with van der Waals surface area (Å²) in [4.78, 5) is 11.4. The van der Waals surface area contributed by atoms with Crippen LogP contribution in [0.2, 0.25) is 0 Å². The zero-order chi connectivity index (χ0) is 13.0. The molecule has 2 rings (SSSR count). The second kappa shape index (κ2) is 6.26. The lowest BCUT2D eigenvalue weighted by atomic mass is 9.85. The Hall–Kier alpha value is -0.260. The zero-order valence-electron chi connectivity index (χ0n) is 11.2. The number of ether oxygens (including phenoxy) is 2. The number of carbonyl (C=O) groups is 1. The highest BCUT2D eigenvalue weighted by molar-refractivity contribution is 7.99. The molecule has 0 aromatic heterocycles. The number of hydrogen-bond donors (Lipinski definition) is 1. The van der Waals surface area contributed by atoms with Gasteiger partial charge in [-0.05, 0) is 44.1 Å². The summed E-state index contributed by atoms with van der Waals surface area (Å²) in [6.45, 7) is 2.67. The molecule has 2 aliphatic rings. The van der Waals surface area contributed by atoms with Gasteiger partial charge in [0.2, 0.25) is 0 Å². The molecule has 2 aliphatic heterocycles. The topological polar surface area (TPSA) is 47.6 Å². The summed E-state index contributed by atoms with van der Waals surface area (Å²) in [5.74, 6) is 2.20. The minimum atomic E-state index is -0.229. The van der Waals surface area contributed by atoms with E-state index in [2.05, 4.69) is 5.32 Å². The highest BCUT2D eigenvalue weighted by Gasteiger charge is 2.39. The van der Waals surface area contributed by atoms with Crippen LogP contribution in [0.5, 0.6) is 0 Å². The average molecular weight is 273 g/mol. The third-order valence-corrected chi connectivity index (χ3v) is 4.92. The van der Waals surface area contributed by atoms with Crippen molar-refractivity contribution in [3.8, 4) is 0 Å². The molecule has 0 amide bonds. The van der Waals surface area contributed by atoms with Crippen molar-refractivity contribution in [1.82, 2.24) is 5.32 Å². The van der Waals surface area contributed by atoms with Gasteiger partial charge in [0.25, 0.3) is 0 Å². The molecule has 1 N–H and O–H groups in total. The molecule has 0 aromatic carbocycles. The van der Waals surface area contributed by atoms with Crippen LogP contribution in [0.4, 0.5) is 0 Å². The largest absolute Gasteiger partial charge is 0.468 e. The predicted octanol–water partition coefficient (Wildman–Crippen LogP) is 1.58. The van der Waals surface area contributed by atoms with E-state index >= 15 is 0 Å². The summed E-state index contributed by atoms with van der Waals surface area (Å²) in [7, 11) is 1.43. The van der Waals surface area contributed by atoms with Crippen molar-refractivity contribution in [1.29, 1.82) is 0 Å². The van der Waals surface area contributed by atoms with E-state index in [1.54, 1.807) is 0 Å². The summed E-state index contributed by atoms with van der Waals surface area (Å²) in [5.41, 5.74) is 0.0665. The van der Waals surface area contributed by atoms with Crippen molar-refractivity contribution in [2.24, 2.45) is 0 Å². The first kappa shape index (κ1) is 14.2. The average Bonchev–Trinajstić information content (AvgIpc) is 2.38. The van der Waals surface area contributed by atoms with E-state index in [0.29, 0.717) is 6.04 Å². The number of hydrogen-bond acceptors (Lipinski definition) is 5. The lowest BCUT2D eigenvalue weighted by molar-refractivity contribution is -0.144. The zero-order valence-corrected chi connectivity index (χ0v) is 12.1. The summed E-state index contributed by atoms with van der Waals surface area (Å²) in [5, 5.41) is 3.38. The Morgan fingerprint density at radius 1 is 1.50 bits per heavy atom. The van der Waals surface area contributed by atoms with Crippen LogP contribution < -0.4 is 5.32 Å². The van der Waals surface area contributed by atoms with Crippen molar-refractivity contribution in [2.75, 3.05) is 25.2 Å². The Bertz CT molecular complexity index is 286. The van der Waals surface area contributed by atoms with Crippen LogP contribution in [0.1, 0.15) is 32.6 Å². The Kier molecular flexibility index (Phi) is 4.92. The smallest absolute Gasteiger partial charge is 0.322 e. The van der Waals surface area contributed by atoms with Gasteiger partial charge in [-0.2, -0.15) is 11.8 Å². The molecule has 0 saturated carbocycles. The van der Waals surface area contributed by atoms with Gasteiger partial charge in [0.05, 0.1) is 12.7 Å². The minimum absolute atomic E-state index is 0.0665. The first-order valence-electron chi connectivity index (χ1n) is 6.71. The van der Waals surface area contributed by atoms with E-state index in [1.807, 2.05) is 18.7 Å². The highest BCUT2D eigenvalue weighted by Crippen LogP contribution is 2.37. The second-order valence-electron chi connectivity index (χ2n) is 5.25. The minimum Gasteiger partial charge on any atom is -0.468 e. The van der Waals surface area contributed by atoms with Crippen LogP contribution in [0.15, 0.2) is 0 Å². The highest BCUT2D eigenvalue weighted by atomic mass is 32.2. The molecular weight excluding hydrogens is 250 g/mol. The van der Waals surface area contributed by atoms with Crippen molar-refractivity contribution >= 4 is 17.7 Å². The molecule has 0 bridgehead atoms. The van der Waals surface area contributed by atoms with Crippen LogP contribution >= 0.6 is 11.8 Å². The molecule has 0 radical (unpaired) electrons. The molecule has 2 atom stereocenters. The second-order valence-corrected chi connectivity index (χ2v) is 6.47. The standard InChI is InChI=1S/C13H23NO3S/c1-10(12(15)16-2)14-11-3-6-17-13(9-11)4-7-18-8-5-13/h10-11,14H,3-9H2,1-2H3. The van der Waals surface area contributed by atoms with Crippen LogP contribution in [-0.4, -0.2) is 48.9 Å². The SMILES string of the molecule is COC(=O)C(C)NC1CCOC2(CCSCC2)C1. The summed E-state index contributed by atoms with van der Waals surface area (Å²) in [6.07, 6.45) is 4.29. The van der Waals surface area contributed by atoms with Gasteiger partial charge in [-0.15, -0.1) is 0 Å². The fraction of sp³-hybridized carbons (Fsp3) is 0.923. The fourth-order valence-electron chi connectivity index (χ4n) is 2.86. The van der Waals surface area contributed by atoms with E-state index in [4.69, 9.17) is 9.47 Å². The van der Waals surface area contributed by atoms with Crippen molar-refractivity contribution in [3.63, 3.8) is 0 Å². The number of esters is 1. The third kappa shape index (κ3) is 3.39.